The SMILES string of the molecule is CCOC(=O)c1cc(C)c(-c2cccc(Cl)c2)o1. The highest BCUT2D eigenvalue weighted by molar-refractivity contribution is 6.30. The minimum atomic E-state index is -0.450. The molecule has 0 amide bonds. The van der Waals surface area contributed by atoms with Gasteiger partial charge in [-0.25, -0.2) is 4.79 Å². The van der Waals surface area contributed by atoms with Crippen LogP contribution in [-0.2, 0) is 4.74 Å². The molecular formula is C14H13ClO3. The molecule has 0 spiro atoms. The van der Waals surface area contributed by atoms with Gasteiger partial charge in [0.15, 0.2) is 0 Å². The zero-order valence-electron chi connectivity index (χ0n) is 10.2. The van der Waals surface area contributed by atoms with Gasteiger partial charge in [0, 0.05) is 10.6 Å². The van der Waals surface area contributed by atoms with Crippen LogP contribution in [0.1, 0.15) is 23.0 Å². The summed E-state index contributed by atoms with van der Waals surface area (Å²) in [5.74, 6) is 0.402. The standard InChI is InChI=1S/C14H13ClO3/c1-3-17-14(16)12-7-9(2)13(18-12)10-5-4-6-11(15)8-10/h4-8H,3H2,1-2H3. The molecule has 94 valence electrons. The second kappa shape index (κ2) is 5.27. The lowest BCUT2D eigenvalue weighted by atomic mass is 10.1. The highest BCUT2D eigenvalue weighted by Crippen LogP contribution is 2.28. The van der Waals surface area contributed by atoms with Gasteiger partial charge in [-0.1, -0.05) is 23.7 Å². The molecule has 0 fully saturated rings. The van der Waals surface area contributed by atoms with Gasteiger partial charge in [0.1, 0.15) is 5.76 Å². The monoisotopic (exact) mass is 264 g/mol. The maximum absolute atomic E-state index is 11.6. The third-order valence-electron chi connectivity index (χ3n) is 2.48. The molecule has 0 saturated carbocycles. The fraction of sp³-hybridized carbons (Fsp3) is 0.214. The van der Waals surface area contributed by atoms with E-state index in [-0.39, 0.29) is 5.76 Å². The molecule has 0 bridgehead atoms. The Balaban J connectivity index is 2.38. The van der Waals surface area contributed by atoms with Crippen molar-refractivity contribution in [1.82, 2.24) is 0 Å². The van der Waals surface area contributed by atoms with Crippen LogP contribution in [0.5, 0.6) is 0 Å². The molecule has 2 aromatic rings. The molecule has 0 radical (unpaired) electrons. The van der Waals surface area contributed by atoms with Crippen LogP contribution in [0.25, 0.3) is 11.3 Å². The van der Waals surface area contributed by atoms with Crippen molar-refractivity contribution in [3.8, 4) is 11.3 Å². The summed E-state index contributed by atoms with van der Waals surface area (Å²) < 4.78 is 10.4. The van der Waals surface area contributed by atoms with E-state index in [0.717, 1.165) is 11.1 Å². The number of furan rings is 1. The lowest BCUT2D eigenvalue weighted by Gasteiger charge is -2.00. The summed E-state index contributed by atoms with van der Waals surface area (Å²) in [7, 11) is 0. The van der Waals surface area contributed by atoms with Gasteiger partial charge < -0.3 is 9.15 Å². The van der Waals surface area contributed by atoms with E-state index >= 15 is 0 Å². The predicted octanol–water partition coefficient (Wildman–Crippen LogP) is 4.09. The van der Waals surface area contributed by atoms with E-state index in [4.69, 9.17) is 20.8 Å². The van der Waals surface area contributed by atoms with Crippen molar-refractivity contribution in [3.63, 3.8) is 0 Å². The van der Waals surface area contributed by atoms with Crippen LogP contribution >= 0.6 is 11.6 Å². The van der Waals surface area contributed by atoms with Crippen molar-refractivity contribution < 1.29 is 13.9 Å². The number of ether oxygens (including phenoxy) is 1. The Morgan fingerprint density at radius 2 is 2.17 bits per heavy atom. The van der Waals surface area contributed by atoms with Crippen molar-refractivity contribution in [2.24, 2.45) is 0 Å². The van der Waals surface area contributed by atoms with Gasteiger partial charge in [-0.3, -0.25) is 0 Å². The first kappa shape index (κ1) is 12.7. The maximum Gasteiger partial charge on any atom is 0.374 e. The zero-order chi connectivity index (χ0) is 13.1. The van der Waals surface area contributed by atoms with Crippen LogP contribution in [0, 0.1) is 6.92 Å². The highest BCUT2D eigenvalue weighted by Gasteiger charge is 2.16. The quantitative estimate of drug-likeness (QED) is 0.784. The van der Waals surface area contributed by atoms with Crippen molar-refractivity contribution in [3.05, 3.63) is 46.7 Å². The van der Waals surface area contributed by atoms with E-state index in [1.54, 1.807) is 25.1 Å². The van der Waals surface area contributed by atoms with E-state index in [1.165, 1.54) is 0 Å². The van der Waals surface area contributed by atoms with Crippen molar-refractivity contribution >= 4 is 17.6 Å². The summed E-state index contributed by atoms with van der Waals surface area (Å²) in [6.45, 7) is 3.96. The topological polar surface area (TPSA) is 39.4 Å². The Bertz CT molecular complexity index is 572. The van der Waals surface area contributed by atoms with Crippen molar-refractivity contribution in [2.75, 3.05) is 6.61 Å². The fourth-order valence-corrected chi connectivity index (χ4v) is 1.89. The van der Waals surface area contributed by atoms with Crippen molar-refractivity contribution in [2.45, 2.75) is 13.8 Å². The van der Waals surface area contributed by atoms with Gasteiger partial charge in [0.05, 0.1) is 6.61 Å². The van der Waals surface area contributed by atoms with E-state index in [1.807, 2.05) is 19.1 Å². The molecule has 1 aromatic heterocycles. The highest BCUT2D eigenvalue weighted by atomic mass is 35.5. The smallest absolute Gasteiger partial charge is 0.374 e. The van der Waals surface area contributed by atoms with Gasteiger partial charge in [0.25, 0.3) is 0 Å². The normalized spacial score (nSPS) is 10.4. The minimum Gasteiger partial charge on any atom is -0.460 e. The molecule has 2 rings (SSSR count). The first-order valence-electron chi connectivity index (χ1n) is 5.65. The molecule has 0 saturated heterocycles. The molecule has 0 unspecified atom stereocenters. The first-order chi connectivity index (χ1) is 8.61. The van der Waals surface area contributed by atoms with E-state index in [9.17, 15) is 4.79 Å². The van der Waals surface area contributed by atoms with Crippen LogP contribution in [0.4, 0.5) is 0 Å². The number of hydrogen-bond acceptors (Lipinski definition) is 3. The molecule has 0 aliphatic heterocycles. The van der Waals surface area contributed by atoms with Crippen LogP contribution in [-0.4, -0.2) is 12.6 Å². The number of carbonyl (C=O) groups excluding carboxylic acids is 1. The van der Waals surface area contributed by atoms with Crippen LogP contribution < -0.4 is 0 Å². The summed E-state index contributed by atoms with van der Waals surface area (Å²) in [6.07, 6.45) is 0. The third-order valence-corrected chi connectivity index (χ3v) is 2.72. The average Bonchev–Trinajstić information content (AvgIpc) is 2.72. The fourth-order valence-electron chi connectivity index (χ4n) is 1.70. The Hall–Kier alpha value is -1.74. The van der Waals surface area contributed by atoms with Gasteiger partial charge in [-0.05, 0) is 37.6 Å². The third kappa shape index (κ3) is 2.57. The Labute approximate surface area is 110 Å². The van der Waals surface area contributed by atoms with Gasteiger partial charge in [0.2, 0.25) is 5.76 Å². The van der Waals surface area contributed by atoms with E-state index in [0.29, 0.717) is 17.4 Å². The van der Waals surface area contributed by atoms with Gasteiger partial charge in [-0.2, -0.15) is 0 Å². The number of halogens is 1. The molecule has 1 aromatic carbocycles. The average molecular weight is 265 g/mol. The number of benzene rings is 1. The summed E-state index contributed by atoms with van der Waals surface area (Å²) in [5, 5.41) is 0.626. The Morgan fingerprint density at radius 1 is 1.39 bits per heavy atom. The molecule has 0 atom stereocenters. The van der Waals surface area contributed by atoms with Crippen molar-refractivity contribution in [1.29, 1.82) is 0 Å². The summed E-state index contributed by atoms with van der Waals surface area (Å²) in [6, 6.07) is 8.97. The lowest BCUT2D eigenvalue weighted by molar-refractivity contribution is 0.0491. The van der Waals surface area contributed by atoms with Crippen LogP contribution in [0.15, 0.2) is 34.7 Å². The van der Waals surface area contributed by atoms with Crippen LogP contribution in [0.2, 0.25) is 5.02 Å². The summed E-state index contributed by atoms with van der Waals surface area (Å²) in [4.78, 5) is 11.6. The maximum atomic E-state index is 11.6. The number of hydrogen-bond donors (Lipinski definition) is 0. The largest absolute Gasteiger partial charge is 0.460 e. The van der Waals surface area contributed by atoms with E-state index in [2.05, 4.69) is 0 Å². The minimum absolute atomic E-state index is 0.212. The van der Waals surface area contributed by atoms with Crippen LogP contribution in [0.3, 0.4) is 0 Å². The van der Waals surface area contributed by atoms with Gasteiger partial charge >= 0.3 is 5.97 Å². The molecule has 18 heavy (non-hydrogen) atoms. The molecule has 0 N–H and O–H groups in total. The summed E-state index contributed by atoms with van der Waals surface area (Å²) in [5.41, 5.74) is 1.72. The molecule has 1 heterocycles. The second-order valence-electron chi connectivity index (χ2n) is 3.85. The molecule has 4 heteroatoms. The molecule has 3 nitrogen and oxygen atoms in total. The number of aryl methyl sites for hydroxylation is 1. The molecule has 0 aliphatic rings. The first-order valence-corrected chi connectivity index (χ1v) is 6.03. The predicted molar refractivity (Wildman–Crippen MR) is 69.8 cm³/mol. The number of carbonyl (C=O) groups is 1. The second-order valence-corrected chi connectivity index (χ2v) is 4.29. The Kier molecular flexibility index (Phi) is 3.72. The summed E-state index contributed by atoms with van der Waals surface area (Å²) >= 11 is 5.93. The molecule has 0 aliphatic carbocycles. The van der Waals surface area contributed by atoms with E-state index < -0.39 is 5.97 Å². The van der Waals surface area contributed by atoms with Gasteiger partial charge in [-0.15, -0.1) is 0 Å². The number of rotatable bonds is 3. The lowest BCUT2D eigenvalue weighted by Crippen LogP contribution is -2.02. The Morgan fingerprint density at radius 3 is 2.83 bits per heavy atom. The number of esters is 1. The molecular weight excluding hydrogens is 252 g/mol. The zero-order valence-corrected chi connectivity index (χ0v) is 11.0.